The Hall–Kier alpha value is -3.49. The van der Waals surface area contributed by atoms with Crippen molar-refractivity contribution < 1.29 is 23.1 Å². The van der Waals surface area contributed by atoms with Crippen LogP contribution in [0.15, 0.2) is 36.4 Å². The number of aromatic nitrogens is 3. The fourth-order valence-electron chi connectivity index (χ4n) is 2.89. The van der Waals surface area contributed by atoms with Gasteiger partial charge in [-0.15, -0.1) is 0 Å². The molecule has 0 saturated carbocycles. The van der Waals surface area contributed by atoms with Gasteiger partial charge in [0.25, 0.3) is 0 Å². The highest BCUT2D eigenvalue weighted by Gasteiger charge is 2.30. The van der Waals surface area contributed by atoms with E-state index in [1.807, 2.05) is 0 Å². The number of rotatable bonds is 5. The number of halogens is 3. The third-order valence-corrected chi connectivity index (χ3v) is 4.71. The van der Waals surface area contributed by atoms with Gasteiger partial charge in [-0.2, -0.15) is 13.8 Å². The summed E-state index contributed by atoms with van der Waals surface area (Å²) in [5, 5.41) is 9.20. The number of carbonyl (C=O) groups is 1. The molecule has 0 aliphatic heterocycles. The molecule has 3 aromatic heterocycles. The lowest BCUT2D eigenvalue weighted by atomic mass is 9.84. The zero-order chi connectivity index (χ0) is 22.2. The largest absolute Gasteiger partial charge is 0.477 e. The molecular weight excluding hydrogens is 397 g/mol. The molecule has 0 aliphatic carbocycles. The monoisotopic (exact) mass is 416 g/mol. The molecule has 0 amide bonds. The molecule has 6 nitrogen and oxygen atoms in total. The molecule has 3 rings (SSSR count). The Morgan fingerprint density at radius 2 is 1.63 bits per heavy atom. The molecule has 9 heteroatoms. The highest BCUT2D eigenvalue weighted by molar-refractivity contribution is 5.85. The van der Waals surface area contributed by atoms with Crippen molar-refractivity contribution >= 4 is 11.7 Å². The zero-order valence-electron chi connectivity index (χ0n) is 16.7. The second-order valence-corrected chi connectivity index (χ2v) is 7.45. The maximum Gasteiger partial charge on any atom is 0.354 e. The van der Waals surface area contributed by atoms with E-state index in [-0.39, 0.29) is 17.0 Å². The van der Waals surface area contributed by atoms with Gasteiger partial charge in [0.1, 0.15) is 5.82 Å². The number of nitrogens with zero attached hydrogens (tertiary/aromatic N) is 4. The van der Waals surface area contributed by atoms with Crippen LogP contribution in [0.1, 0.15) is 35.7 Å². The lowest BCUT2D eigenvalue weighted by Gasteiger charge is -2.26. The first kappa shape index (κ1) is 21.2. The first-order chi connectivity index (χ1) is 14.0. The van der Waals surface area contributed by atoms with E-state index in [9.17, 15) is 23.1 Å². The van der Waals surface area contributed by atoms with Gasteiger partial charge in [-0.25, -0.2) is 14.2 Å². The van der Waals surface area contributed by atoms with Gasteiger partial charge in [0.15, 0.2) is 5.69 Å². The molecule has 0 fully saturated rings. The third-order valence-electron chi connectivity index (χ3n) is 4.71. The minimum Gasteiger partial charge on any atom is -0.477 e. The molecule has 0 saturated heterocycles. The van der Waals surface area contributed by atoms with Gasteiger partial charge >= 0.3 is 5.97 Å². The number of hydrogen-bond donors (Lipinski definition) is 1. The van der Waals surface area contributed by atoms with E-state index in [4.69, 9.17) is 0 Å². The Kier molecular flexibility index (Phi) is 5.47. The minimum absolute atomic E-state index is 0.00410. The summed E-state index contributed by atoms with van der Waals surface area (Å²) in [5.74, 6) is -4.07. The molecule has 0 aliphatic rings. The molecule has 3 heterocycles. The molecule has 1 N–H and O–H groups in total. The molecule has 3 aromatic rings. The molecule has 0 atom stereocenters. The molecule has 0 spiro atoms. The van der Waals surface area contributed by atoms with E-state index in [2.05, 4.69) is 15.0 Å². The SMILES string of the molecule is CN(C)c1cc(-c2ccc(F)nc2F)nc(C(C)(C)c2cc(F)cc(C(=O)O)n2)c1. The van der Waals surface area contributed by atoms with E-state index in [0.717, 1.165) is 18.2 Å². The summed E-state index contributed by atoms with van der Waals surface area (Å²) in [6, 6.07) is 7.55. The van der Waals surface area contributed by atoms with Crippen molar-refractivity contribution in [2.24, 2.45) is 0 Å². The predicted molar refractivity (Wildman–Crippen MR) is 105 cm³/mol. The van der Waals surface area contributed by atoms with Crippen LogP contribution in [-0.2, 0) is 5.41 Å². The first-order valence-corrected chi connectivity index (χ1v) is 8.92. The lowest BCUT2D eigenvalue weighted by Crippen LogP contribution is -2.25. The summed E-state index contributed by atoms with van der Waals surface area (Å²) in [6.07, 6.45) is 0. The summed E-state index contributed by atoms with van der Waals surface area (Å²) in [5.41, 5.74) is -0.0807. The van der Waals surface area contributed by atoms with Crippen molar-refractivity contribution in [3.8, 4) is 11.3 Å². The Morgan fingerprint density at radius 1 is 0.967 bits per heavy atom. The second kappa shape index (κ2) is 7.74. The van der Waals surface area contributed by atoms with Gasteiger partial charge in [0, 0.05) is 31.3 Å². The fourth-order valence-corrected chi connectivity index (χ4v) is 2.89. The van der Waals surface area contributed by atoms with Gasteiger partial charge in [0.2, 0.25) is 11.9 Å². The summed E-state index contributed by atoms with van der Waals surface area (Å²) in [4.78, 5) is 24.8. The van der Waals surface area contributed by atoms with Crippen LogP contribution in [0.2, 0.25) is 0 Å². The maximum absolute atomic E-state index is 14.3. The molecular formula is C21H19F3N4O2. The summed E-state index contributed by atoms with van der Waals surface area (Å²) < 4.78 is 41.6. The average molecular weight is 416 g/mol. The maximum atomic E-state index is 14.3. The molecule has 0 unspecified atom stereocenters. The number of hydrogen-bond acceptors (Lipinski definition) is 5. The Labute approximate surface area is 171 Å². The Morgan fingerprint density at radius 3 is 2.23 bits per heavy atom. The van der Waals surface area contributed by atoms with Crippen LogP contribution < -0.4 is 4.90 Å². The summed E-state index contributed by atoms with van der Waals surface area (Å²) in [6.45, 7) is 3.40. The van der Waals surface area contributed by atoms with Crippen LogP contribution in [0.5, 0.6) is 0 Å². The van der Waals surface area contributed by atoms with Crippen molar-refractivity contribution in [3.05, 3.63) is 71.2 Å². The topological polar surface area (TPSA) is 79.2 Å². The van der Waals surface area contributed by atoms with Crippen molar-refractivity contribution in [2.45, 2.75) is 19.3 Å². The number of anilines is 1. The van der Waals surface area contributed by atoms with Crippen LogP contribution in [0.3, 0.4) is 0 Å². The van der Waals surface area contributed by atoms with Gasteiger partial charge in [-0.1, -0.05) is 0 Å². The van der Waals surface area contributed by atoms with Gasteiger partial charge < -0.3 is 10.0 Å². The number of pyridine rings is 3. The van der Waals surface area contributed by atoms with Crippen LogP contribution in [0.4, 0.5) is 18.9 Å². The van der Waals surface area contributed by atoms with Crippen molar-refractivity contribution in [2.75, 3.05) is 19.0 Å². The summed E-state index contributed by atoms with van der Waals surface area (Å²) in [7, 11) is 3.55. The Bertz CT molecular complexity index is 1130. The van der Waals surface area contributed by atoms with E-state index >= 15 is 0 Å². The average Bonchev–Trinajstić information content (AvgIpc) is 2.67. The van der Waals surface area contributed by atoms with Crippen molar-refractivity contribution in [1.29, 1.82) is 0 Å². The third kappa shape index (κ3) is 4.10. The molecule has 0 radical (unpaired) electrons. The van der Waals surface area contributed by atoms with Crippen LogP contribution in [0, 0.1) is 17.7 Å². The smallest absolute Gasteiger partial charge is 0.354 e. The van der Waals surface area contributed by atoms with E-state index in [1.54, 1.807) is 45.0 Å². The first-order valence-electron chi connectivity index (χ1n) is 8.92. The summed E-state index contributed by atoms with van der Waals surface area (Å²) >= 11 is 0. The number of carboxylic acids is 1. The molecule has 0 bridgehead atoms. The van der Waals surface area contributed by atoms with Gasteiger partial charge in [-0.3, -0.25) is 4.98 Å². The zero-order valence-corrected chi connectivity index (χ0v) is 16.7. The normalized spacial score (nSPS) is 11.4. The fraction of sp³-hybridized carbons (Fsp3) is 0.238. The quantitative estimate of drug-likeness (QED) is 0.633. The standard InChI is InChI=1S/C21H19F3N4O2/c1-21(2,16-8-11(22)7-15(26-16)20(29)30)17-10-12(28(3)4)9-14(25-17)13-5-6-18(23)27-19(13)24/h5-10H,1-4H3,(H,29,30). The van der Waals surface area contributed by atoms with Crippen molar-refractivity contribution in [1.82, 2.24) is 15.0 Å². The second-order valence-electron chi connectivity index (χ2n) is 7.45. The van der Waals surface area contributed by atoms with Crippen LogP contribution in [-0.4, -0.2) is 40.1 Å². The van der Waals surface area contributed by atoms with E-state index in [1.165, 1.54) is 6.07 Å². The van der Waals surface area contributed by atoms with Gasteiger partial charge in [0.05, 0.1) is 22.6 Å². The molecule has 156 valence electrons. The molecule has 0 aromatic carbocycles. The minimum atomic E-state index is -1.36. The lowest BCUT2D eigenvalue weighted by molar-refractivity contribution is 0.0689. The Balaban J connectivity index is 2.22. The highest BCUT2D eigenvalue weighted by atomic mass is 19.1. The van der Waals surface area contributed by atoms with Crippen LogP contribution >= 0.6 is 0 Å². The van der Waals surface area contributed by atoms with Gasteiger partial charge in [-0.05, 0) is 44.2 Å². The van der Waals surface area contributed by atoms with Crippen molar-refractivity contribution in [3.63, 3.8) is 0 Å². The number of aromatic carboxylic acids is 1. The van der Waals surface area contributed by atoms with E-state index in [0.29, 0.717) is 11.4 Å². The predicted octanol–water partition coefficient (Wildman–Crippen LogP) is 4.05. The molecule has 30 heavy (non-hydrogen) atoms. The number of carboxylic acid groups (broad SMARTS) is 1. The highest BCUT2D eigenvalue weighted by Crippen LogP contribution is 2.34. The van der Waals surface area contributed by atoms with Crippen LogP contribution in [0.25, 0.3) is 11.3 Å². The van der Waals surface area contributed by atoms with E-state index < -0.39 is 34.8 Å².